The van der Waals surface area contributed by atoms with Crippen LogP contribution in [0.2, 0.25) is 0 Å². The van der Waals surface area contributed by atoms with Crippen LogP contribution in [0, 0.1) is 0 Å². The first-order chi connectivity index (χ1) is 12.6. The summed E-state index contributed by atoms with van der Waals surface area (Å²) in [6.45, 7) is 0.267. The summed E-state index contributed by atoms with van der Waals surface area (Å²) in [6.07, 6.45) is 1.54. The van der Waals surface area contributed by atoms with Crippen molar-refractivity contribution in [2.75, 3.05) is 11.1 Å². The molecule has 0 bridgehead atoms. The molecule has 1 aromatic carbocycles. The molecular formula is C16H16N6O3S. The topological polar surface area (TPSA) is 115 Å². The number of nitrogens with zero attached hydrogens (tertiary/aromatic N) is 4. The number of para-hydroxylation sites is 1. The number of rotatable bonds is 7. The molecule has 0 radical (unpaired) electrons. The molecule has 0 saturated heterocycles. The molecule has 26 heavy (non-hydrogen) atoms. The van der Waals surface area contributed by atoms with Gasteiger partial charge in [-0.1, -0.05) is 23.9 Å². The number of benzene rings is 1. The van der Waals surface area contributed by atoms with E-state index in [0.29, 0.717) is 22.2 Å². The number of thioether (sulfide) groups is 1. The minimum absolute atomic E-state index is 0.122. The number of anilines is 1. The summed E-state index contributed by atoms with van der Waals surface area (Å²) in [4.78, 5) is 24.6. The normalized spacial score (nSPS) is 10.5. The molecule has 3 aromatic rings. The van der Waals surface area contributed by atoms with Gasteiger partial charge in [-0.3, -0.25) is 9.59 Å². The Hall–Kier alpha value is -3.14. The molecule has 2 heterocycles. The summed E-state index contributed by atoms with van der Waals surface area (Å²) in [7, 11) is 1.69. The number of amides is 2. The van der Waals surface area contributed by atoms with E-state index in [1.54, 1.807) is 49.7 Å². The fourth-order valence-electron chi connectivity index (χ4n) is 2.13. The van der Waals surface area contributed by atoms with Gasteiger partial charge in [-0.2, -0.15) is 0 Å². The van der Waals surface area contributed by atoms with Crippen molar-refractivity contribution in [2.24, 2.45) is 7.05 Å². The molecule has 0 aliphatic carbocycles. The van der Waals surface area contributed by atoms with Crippen LogP contribution in [0.25, 0.3) is 0 Å². The number of tetrazole rings is 1. The summed E-state index contributed by atoms with van der Waals surface area (Å²) in [6, 6.07) is 10.3. The van der Waals surface area contributed by atoms with Crippen LogP contribution in [-0.2, 0) is 18.4 Å². The standard InChI is InChI=1S/C16H16N6O3S/c1-22-16(19-20-21-22)26-10-14(23)18-13-7-3-2-6-12(13)15(24)17-9-11-5-4-8-25-11/h2-8H,9-10H2,1H3,(H,17,24)(H,18,23). The molecule has 0 spiro atoms. The Morgan fingerprint density at radius 3 is 2.81 bits per heavy atom. The van der Waals surface area contributed by atoms with E-state index < -0.39 is 0 Å². The van der Waals surface area contributed by atoms with E-state index in [4.69, 9.17) is 4.42 Å². The number of aromatic nitrogens is 4. The first-order valence-electron chi connectivity index (χ1n) is 7.68. The van der Waals surface area contributed by atoms with Crippen molar-refractivity contribution in [3.63, 3.8) is 0 Å². The zero-order valence-corrected chi connectivity index (χ0v) is 14.7. The van der Waals surface area contributed by atoms with Gasteiger partial charge < -0.3 is 15.1 Å². The van der Waals surface area contributed by atoms with Gasteiger partial charge in [0.25, 0.3) is 5.91 Å². The molecular weight excluding hydrogens is 356 g/mol. The van der Waals surface area contributed by atoms with Gasteiger partial charge in [-0.05, 0) is 34.7 Å². The highest BCUT2D eigenvalue weighted by molar-refractivity contribution is 7.99. The zero-order valence-electron chi connectivity index (χ0n) is 13.9. The minimum Gasteiger partial charge on any atom is -0.467 e. The maximum Gasteiger partial charge on any atom is 0.253 e. The van der Waals surface area contributed by atoms with Gasteiger partial charge in [0.15, 0.2) is 0 Å². The van der Waals surface area contributed by atoms with Crippen LogP contribution in [0.4, 0.5) is 5.69 Å². The molecule has 3 rings (SSSR count). The first kappa shape index (κ1) is 17.7. The second kappa shape index (κ2) is 8.30. The van der Waals surface area contributed by atoms with E-state index in [1.165, 1.54) is 16.4 Å². The second-order valence-corrected chi connectivity index (χ2v) is 6.17. The third kappa shape index (κ3) is 4.48. The van der Waals surface area contributed by atoms with Crippen molar-refractivity contribution in [2.45, 2.75) is 11.7 Å². The lowest BCUT2D eigenvalue weighted by atomic mass is 10.1. The summed E-state index contributed by atoms with van der Waals surface area (Å²) < 4.78 is 6.67. The number of aryl methyl sites for hydroxylation is 1. The molecule has 0 unspecified atom stereocenters. The van der Waals surface area contributed by atoms with Crippen LogP contribution in [0.1, 0.15) is 16.1 Å². The highest BCUT2D eigenvalue weighted by atomic mass is 32.2. The van der Waals surface area contributed by atoms with E-state index in [-0.39, 0.29) is 24.1 Å². The second-order valence-electron chi connectivity index (χ2n) is 5.23. The highest BCUT2D eigenvalue weighted by Gasteiger charge is 2.14. The van der Waals surface area contributed by atoms with Crippen molar-refractivity contribution in [1.29, 1.82) is 0 Å². The quantitative estimate of drug-likeness (QED) is 0.603. The van der Waals surface area contributed by atoms with Crippen molar-refractivity contribution < 1.29 is 14.0 Å². The molecule has 0 atom stereocenters. The van der Waals surface area contributed by atoms with Crippen LogP contribution < -0.4 is 10.6 Å². The predicted octanol–water partition coefficient (Wildman–Crippen LogP) is 1.46. The molecule has 0 fully saturated rings. The van der Waals surface area contributed by atoms with Crippen LogP contribution in [0.3, 0.4) is 0 Å². The molecule has 0 saturated carbocycles. The Balaban J connectivity index is 1.60. The van der Waals surface area contributed by atoms with E-state index in [0.717, 1.165) is 0 Å². The van der Waals surface area contributed by atoms with Gasteiger partial charge in [-0.15, -0.1) is 5.10 Å². The van der Waals surface area contributed by atoms with Crippen molar-refractivity contribution >= 4 is 29.3 Å². The predicted molar refractivity (Wildman–Crippen MR) is 94.5 cm³/mol. The maximum atomic E-state index is 12.4. The average molecular weight is 372 g/mol. The molecule has 134 valence electrons. The molecule has 2 aromatic heterocycles. The lowest BCUT2D eigenvalue weighted by Gasteiger charge is -2.10. The average Bonchev–Trinajstić information content (AvgIpc) is 3.30. The number of nitrogens with one attached hydrogen (secondary N) is 2. The number of furan rings is 1. The van der Waals surface area contributed by atoms with E-state index in [9.17, 15) is 9.59 Å². The molecule has 2 amide bonds. The number of hydrogen-bond donors (Lipinski definition) is 2. The van der Waals surface area contributed by atoms with E-state index in [1.807, 2.05) is 0 Å². The SMILES string of the molecule is Cn1nnnc1SCC(=O)Nc1ccccc1C(=O)NCc1ccco1. The minimum atomic E-state index is -0.303. The van der Waals surface area contributed by atoms with Gasteiger partial charge in [0, 0.05) is 7.05 Å². The first-order valence-corrected chi connectivity index (χ1v) is 8.66. The van der Waals surface area contributed by atoms with Gasteiger partial charge in [0.05, 0.1) is 29.8 Å². The Labute approximate surface area is 153 Å². The highest BCUT2D eigenvalue weighted by Crippen LogP contribution is 2.17. The van der Waals surface area contributed by atoms with E-state index >= 15 is 0 Å². The Morgan fingerprint density at radius 2 is 2.08 bits per heavy atom. The Morgan fingerprint density at radius 1 is 1.23 bits per heavy atom. The van der Waals surface area contributed by atoms with E-state index in [2.05, 4.69) is 26.2 Å². The van der Waals surface area contributed by atoms with Crippen LogP contribution in [0.5, 0.6) is 0 Å². The van der Waals surface area contributed by atoms with Gasteiger partial charge in [0.1, 0.15) is 5.76 Å². The molecule has 0 aliphatic heterocycles. The smallest absolute Gasteiger partial charge is 0.253 e. The number of carbonyl (C=O) groups excluding carboxylic acids is 2. The summed E-state index contributed by atoms with van der Waals surface area (Å²) in [5, 5.41) is 17.0. The third-order valence-corrected chi connectivity index (χ3v) is 4.37. The van der Waals surface area contributed by atoms with Crippen LogP contribution in [-0.4, -0.2) is 37.8 Å². The van der Waals surface area contributed by atoms with Gasteiger partial charge in [-0.25, -0.2) is 4.68 Å². The monoisotopic (exact) mass is 372 g/mol. The third-order valence-electron chi connectivity index (χ3n) is 3.36. The lowest BCUT2D eigenvalue weighted by molar-refractivity contribution is -0.113. The molecule has 0 aliphatic rings. The largest absolute Gasteiger partial charge is 0.467 e. The summed E-state index contributed by atoms with van der Waals surface area (Å²) in [5.74, 6) is 0.205. The summed E-state index contributed by atoms with van der Waals surface area (Å²) in [5.41, 5.74) is 0.809. The fourth-order valence-corrected chi connectivity index (χ4v) is 2.78. The molecule has 10 heteroatoms. The number of carbonyl (C=O) groups is 2. The zero-order chi connectivity index (χ0) is 18.4. The fraction of sp³-hybridized carbons (Fsp3) is 0.188. The Kier molecular flexibility index (Phi) is 5.64. The summed E-state index contributed by atoms with van der Waals surface area (Å²) >= 11 is 1.21. The van der Waals surface area contributed by atoms with Gasteiger partial charge in [0.2, 0.25) is 11.1 Å². The molecule has 9 nitrogen and oxygen atoms in total. The number of hydrogen-bond acceptors (Lipinski definition) is 7. The lowest BCUT2D eigenvalue weighted by Crippen LogP contribution is -2.25. The molecule has 2 N–H and O–H groups in total. The maximum absolute atomic E-state index is 12.4. The van der Waals surface area contributed by atoms with Crippen molar-refractivity contribution in [3.8, 4) is 0 Å². The van der Waals surface area contributed by atoms with Crippen molar-refractivity contribution in [1.82, 2.24) is 25.5 Å². The van der Waals surface area contributed by atoms with Crippen LogP contribution in [0.15, 0.2) is 52.2 Å². The van der Waals surface area contributed by atoms with Crippen molar-refractivity contribution in [3.05, 3.63) is 54.0 Å². The Bertz CT molecular complexity index is 893. The van der Waals surface area contributed by atoms with Gasteiger partial charge >= 0.3 is 0 Å². The van der Waals surface area contributed by atoms with Crippen LogP contribution >= 0.6 is 11.8 Å².